The zero-order chi connectivity index (χ0) is 21.7. The lowest BCUT2D eigenvalue weighted by Crippen LogP contribution is -2.19. The quantitative estimate of drug-likeness (QED) is 0.311. The van der Waals surface area contributed by atoms with Gasteiger partial charge in [-0.3, -0.25) is 0 Å². The Bertz CT molecular complexity index is 836. The van der Waals surface area contributed by atoms with Gasteiger partial charge in [0.1, 0.15) is 17.4 Å². The highest BCUT2D eigenvalue weighted by atomic mass is 19.4. The number of rotatable bonds is 8. The average Bonchev–Trinajstić information content (AvgIpc) is 2.66. The summed E-state index contributed by atoms with van der Waals surface area (Å²) in [6.07, 6.45) is 2.68. The van der Waals surface area contributed by atoms with Crippen molar-refractivity contribution in [3.05, 3.63) is 64.2 Å². The van der Waals surface area contributed by atoms with Gasteiger partial charge in [0.05, 0.1) is 0 Å². The summed E-state index contributed by atoms with van der Waals surface area (Å²) in [4.78, 5) is 0. The van der Waals surface area contributed by atoms with E-state index in [9.17, 15) is 22.0 Å². The van der Waals surface area contributed by atoms with Crippen molar-refractivity contribution in [1.82, 2.24) is 0 Å². The van der Waals surface area contributed by atoms with Crippen LogP contribution in [0.1, 0.15) is 73.6 Å². The molecule has 164 valence electrons. The summed E-state index contributed by atoms with van der Waals surface area (Å²) in [5.41, 5.74) is 2.30. The van der Waals surface area contributed by atoms with E-state index in [-0.39, 0.29) is 17.2 Å². The van der Waals surface area contributed by atoms with E-state index in [1.807, 2.05) is 0 Å². The second kappa shape index (κ2) is 9.80. The van der Waals surface area contributed by atoms with Crippen LogP contribution in [0.15, 0.2) is 30.3 Å². The third-order valence-corrected chi connectivity index (χ3v) is 5.76. The molecule has 0 radical (unpaired) electrons. The van der Waals surface area contributed by atoms with Crippen LogP contribution in [0.25, 0.3) is 0 Å². The first kappa shape index (κ1) is 22.6. The molecule has 0 aliphatic heterocycles. The van der Waals surface area contributed by atoms with Crippen LogP contribution >= 0.6 is 0 Å². The Kier molecular flexibility index (Phi) is 7.37. The van der Waals surface area contributed by atoms with Crippen LogP contribution in [0, 0.1) is 11.6 Å². The Morgan fingerprint density at radius 3 is 2.30 bits per heavy atom. The van der Waals surface area contributed by atoms with Gasteiger partial charge < -0.3 is 4.74 Å². The molecule has 1 unspecified atom stereocenters. The van der Waals surface area contributed by atoms with Gasteiger partial charge in [0.25, 0.3) is 0 Å². The highest BCUT2D eigenvalue weighted by Crippen LogP contribution is 2.37. The highest BCUT2D eigenvalue weighted by Gasteiger charge is 2.32. The van der Waals surface area contributed by atoms with Crippen molar-refractivity contribution in [2.75, 3.05) is 0 Å². The zero-order valence-electron chi connectivity index (χ0n) is 17.1. The van der Waals surface area contributed by atoms with Crippen LogP contribution < -0.4 is 4.74 Å². The molecule has 30 heavy (non-hydrogen) atoms. The summed E-state index contributed by atoms with van der Waals surface area (Å²) >= 11 is 0. The molecular formula is C24H27F5O. The Hall–Kier alpha value is -2.11. The van der Waals surface area contributed by atoms with E-state index in [1.165, 1.54) is 30.7 Å². The van der Waals surface area contributed by atoms with Crippen molar-refractivity contribution in [1.29, 1.82) is 0 Å². The summed E-state index contributed by atoms with van der Waals surface area (Å²) in [6, 6.07) is 7.06. The van der Waals surface area contributed by atoms with E-state index in [1.54, 1.807) is 6.07 Å². The standard InChI is InChI=1S/C24H27F5O/c1-2-3-4-5-6-7-16-12-21(25)23(22(26)13-16)19-9-8-18-15-20(30-24(27,28)29)11-10-17(18)14-19/h10-13,15,19H,2-9,14H2,1H3. The molecular weight excluding hydrogens is 399 g/mol. The van der Waals surface area contributed by atoms with Crippen molar-refractivity contribution >= 4 is 0 Å². The van der Waals surface area contributed by atoms with E-state index in [0.717, 1.165) is 36.8 Å². The van der Waals surface area contributed by atoms with Crippen LogP contribution in [-0.2, 0) is 19.3 Å². The number of ether oxygens (including phenoxy) is 1. The molecule has 0 saturated heterocycles. The number of aryl methyl sites for hydroxylation is 2. The van der Waals surface area contributed by atoms with Crippen LogP contribution in [0.3, 0.4) is 0 Å². The zero-order valence-corrected chi connectivity index (χ0v) is 17.1. The van der Waals surface area contributed by atoms with E-state index >= 15 is 0 Å². The van der Waals surface area contributed by atoms with Gasteiger partial charge in [0, 0.05) is 5.56 Å². The lowest BCUT2D eigenvalue weighted by molar-refractivity contribution is -0.274. The lowest BCUT2D eigenvalue weighted by atomic mass is 9.79. The largest absolute Gasteiger partial charge is 0.573 e. The van der Waals surface area contributed by atoms with E-state index in [0.29, 0.717) is 31.2 Å². The highest BCUT2D eigenvalue weighted by molar-refractivity contribution is 5.40. The van der Waals surface area contributed by atoms with E-state index in [2.05, 4.69) is 11.7 Å². The molecule has 0 fully saturated rings. The van der Waals surface area contributed by atoms with Gasteiger partial charge in [-0.05, 0) is 79.0 Å². The second-order valence-electron chi connectivity index (χ2n) is 8.06. The third kappa shape index (κ3) is 5.96. The summed E-state index contributed by atoms with van der Waals surface area (Å²) in [5.74, 6) is -1.64. The molecule has 2 aromatic carbocycles. The van der Waals surface area contributed by atoms with Crippen LogP contribution in [0.2, 0.25) is 0 Å². The van der Waals surface area contributed by atoms with E-state index in [4.69, 9.17) is 0 Å². The molecule has 1 aliphatic carbocycles. The Morgan fingerprint density at radius 2 is 1.63 bits per heavy atom. The topological polar surface area (TPSA) is 9.23 Å². The minimum atomic E-state index is -4.74. The molecule has 0 N–H and O–H groups in total. The fourth-order valence-electron chi connectivity index (χ4n) is 4.28. The Balaban J connectivity index is 1.68. The summed E-state index contributed by atoms with van der Waals surface area (Å²) in [6.45, 7) is 2.14. The van der Waals surface area contributed by atoms with Gasteiger partial charge in [-0.25, -0.2) is 8.78 Å². The first-order chi connectivity index (χ1) is 14.3. The number of benzene rings is 2. The molecule has 0 amide bonds. The van der Waals surface area contributed by atoms with Crippen LogP contribution in [0.4, 0.5) is 22.0 Å². The molecule has 3 rings (SSSR count). The number of hydrogen-bond donors (Lipinski definition) is 0. The monoisotopic (exact) mass is 426 g/mol. The number of alkyl halides is 3. The fraction of sp³-hybridized carbons (Fsp3) is 0.500. The fourth-order valence-corrected chi connectivity index (χ4v) is 4.28. The molecule has 1 atom stereocenters. The maximum Gasteiger partial charge on any atom is 0.573 e. The Morgan fingerprint density at radius 1 is 0.933 bits per heavy atom. The van der Waals surface area contributed by atoms with Crippen molar-refractivity contribution in [3.63, 3.8) is 0 Å². The predicted molar refractivity (Wildman–Crippen MR) is 107 cm³/mol. The smallest absolute Gasteiger partial charge is 0.406 e. The molecule has 0 heterocycles. The molecule has 0 saturated carbocycles. The number of fused-ring (bicyclic) bond motifs is 1. The molecule has 0 spiro atoms. The van der Waals surface area contributed by atoms with Gasteiger partial charge in [-0.2, -0.15) is 0 Å². The summed E-state index contributed by atoms with van der Waals surface area (Å²) in [7, 11) is 0. The molecule has 2 aromatic rings. The van der Waals surface area contributed by atoms with Crippen molar-refractivity contribution < 1.29 is 26.7 Å². The van der Waals surface area contributed by atoms with Crippen molar-refractivity contribution in [2.45, 2.75) is 77.0 Å². The summed E-state index contributed by atoms with van der Waals surface area (Å²) in [5, 5.41) is 0. The Labute approximate surface area is 174 Å². The lowest BCUT2D eigenvalue weighted by Gasteiger charge is -2.26. The van der Waals surface area contributed by atoms with Gasteiger partial charge >= 0.3 is 6.36 Å². The maximum atomic E-state index is 14.8. The molecule has 0 aromatic heterocycles. The molecule has 0 bridgehead atoms. The van der Waals surface area contributed by atoms with Crippen molar-refractivity contribution in [2.24, 2.45) is 0 Å². The SMILES string of the molecule is CCCCCCCc1cc(F)c(C2CCc3cc(OC(F)(F)F)ccc3C2)c(F)c1. The number of unbranched alkanes of at least 4 members (excludes halogenated alkanes) is 4. The first-order valence-corrected chi connectivity index (χ1v) is 10.6. The second-order valence-corrected chi connectivity index (χ2v) is 8.06. The third-order valence-electron chi connectivity index (χ3n) is 5.76. The molecule has 1 nitrogen and oxygen atoms in total. The first-order valence-electron chi connectivity index (χ1n) is 10.6. The minimum absolute atomic E-state index is 0.0889. The van der Waals surface area contributed by atoms with Gasteiger partial charge in [0.2, 0.25) is 0 Å². The minimum Gasteiger partial charge on any atom is -0.406 e. The van der Waals surface area contributed by atoms with Crippen LogP contribution in [-0.4, -0.2) is 6.36 Å². The predicted octanol–water partition coefficient (Wildman–Crippen LogP) is 7.65. The molecule has 1 aliphatic rings. The molecule has 6 heteroatoms. The van der Waals surface area contributed by atoms with Gasteiger partial charge in [-0.1, -0.05) is 38.7 Å². The summed E-state index contributed by atoms with van der Waals surface area (Å²) < 4.78 is 70.7. The van der Waals surface area contributed by atoms with Crippen LogP contribution in [0.5, 0.6) is 5.75 Å². The van der Waals surface area contributed by atoms with Gasteiger partial charge in [-0.15, -0.1) is 13.2 Å². The maximum absolute atomic E-state index is 14.8. The van der Waals surface area contributed by atoms with Gasteiger partial charge in [0.15, 0.2) is 0 Å². The average molecular weight is 426 g/mol. The van der Waals surface area contributed by atoms with Crippen molar-refractivity contribution in [3.8, 4) is 5.75 Å². The number of halogens is 5. The number of hydrogen-bond acceptors (Lipinski definition) is 1. The normalized spacial score (nSPS) is 16.4. The van der Waals surface area contributed by atoms with E-state index < -0.39 is 18.0 Å².